The lowest BCUT2D eigenvalue weighted by Crippen LogP contribution is -2.51. The number of nitrogens with zero attached hydrogens (tertiary/aromatic N) is 2. The maximum Gasteiger partial charge on any atom is 0.321 e. The molecular weight excluding hydrogens is 314 g/mol. The molecule has 2 aliphatic heterocycles. The summed E-state index contributed by atoms with van der Waals surface area (Å²) in [5.74, 6) is 0. The number of carbonyl (C=O) groups excluding carboxylic acids is 1. The van der Waals surface area contributed by atoms with Gasteiger partial charge < -0.3 is 15.0 Å². The number of carbonyl (C=O) groups is 1. The zero-order valence-electron chi connectivity index (χ0n) is 15.8. The molecular formula is C20H31N3O2. The molecule has 0 spiro atoms. The maximum absolute atomic E-state index is 12.5. The van der Waals surface area contributed by atoms with Gasteiger partial charge in [-0.3, -0.25) is 4.90 Å². The number of ether oxygens (including phenoxy) is 1. The molecule has 3 rings (SSSR count). The highest BCUT2D eigenvalue weighted by Crippen LogP contribution is 2.23. The Morgan fingerprint density at radius 1 is 1.12 bits per heavy atom. The SMILES string of the molecule is COC1CCCN(C2CCN(C(=O)Nc3ccc(C)c(C)c3)CC2)C1. The van der Waals surface area contributed by atoms with Crippen LogP contribution >= 0.6 is 0 Å². The first kappa shape index (κ1) is 18.2. The summed E-state index contributed by atoms with van der Waals surface area (Å²) in [5, 5.41) is 3.04. The Hall–Kier alpha value is -1.59. The Morgan fingerprint density at radius 3 is 2.56 bits per heavy atom. The topological polar surface area (TPSA) is 44.8 Å². The Kier molecular flexibility index (Phi) is 5.97. The number of amides is 2. The number of rotatable bonds is 3. The van der Waals surface area contributed by atoms with E-state index in [4.69, 9.17) is 4.74 Å². The summed E-state index contributed by atoms with van der Waals surface area (Å²) in [7, 11) is 1.81. The number of piperidine rings is 2. The minimum atomic E-state index is 0.0233. The van der Waals surface area contributed by atoms with E-state index in [1.54, 1.807) is 0 Å². The van der Waals surface area contributed by atoms with Crippen molar-refractivity contribution < 1.29 is 9.53 Å². The van der Waals surface area contributed by atoms with Crippen molar-refractivity contribution in [1.82, 2.24) is 9.80 Å². The van der Waals surface area contributed by atoms with E-state index in [-0.39, 0.29) is 6.03 Å². The minimum absolute atomic E-state index is 0.0233. The number of hydrogen-bond donors (Lipinski definition) is 1. The van der Waals surface area contributed by atoms with Gasteiger partial charge in [-0.05, 0) is 69.3 Å². The fraction of sp³-hybridized carbons (Fsp3) is 0.650. The van der Waals surface area contributed by atoms with Crippen LogP contribution in [0.15, 0.2) is 18.2 Å². The van der Waals surface area contributed by atoms with E-state index in [2.05, 4.69) is 30.1 Å². The van der Waals surface area contributed by atoms with E-state index in [1.807, 2.05) is 24.1 Å². The van der Waals surface area contributed by atoms with Gasteiger partial charge in [0.2, 0.25) is 0 Å². The van der Waals surface area contributed by atoms with E-state index in [1.165, 1.54) is 30.5 Å². The third-order valence-corrected chi connectivity index (χ3v) is 5.77. The van der Waals surface area contributed by atoms with Gasteiger partial charge in [-0.1, -0.05) is 6.07 Å². The molecule has 0 radical (unpaired) electrons. The molecule has 5 nitrogen and oxygen atoms in total. The molecule has 2 saturated heterocycles. The van der Waals surface area contributed by atoms with E-state index in [0.717, 1.165) is 38.2 Å². The van der Waals surface area contributed by atoms with Crippen molar-refractivity contribution in [3.8, 4) is 0 Å². The number of benzene rings is 1. The van der Waals surface area contributed by atoms with Crippen LogP contribution in [0.2, 0.25) is 0 Å². The number of aryl methyl sites for hydroxylation is 2. The molecule has 2 fully saturated rings. The number of anilines is 1. The summed E-state index contributed by atoms with van der Waals surface area (Å²) in [5.41, 5.74) is 3.33. The Bertz CT molecular complexity index is 597. The summed E-state index contributed by atoms with van der Waals surface area (Å²) in [6, 6.07) is 6.68. The van der Waals surface area contributed by atoms with Gasteiger partial charge in [0.15, 0.2) is 0 Å². The van der Waals surface area contributed by atoms with Crippen molar-refractivity contribution in [3.63, 3.8) is 0 Å². The van der Waals surface area contributed by atoms with Gasteiger partial charge in [0.1, 0.15) is 0 Å². The number of urea groups is 1. The molecule has 2 heterocycles. The van der Waals surface area contributed by atoms with Crippen LogP contribution in [0.5, 0.6) is 0 Å². The molecule has 2 amide bonds. The van der Waals surface area contributed by atoms with Crippen molar-refractivity contribution >= 4 is 11.7 Å². The second kappa shape index (κ2) is 8.19. The van der Waals surface area contributed by atoms with Gasteiger partial charge in [-0.25, -0.2) is 4.79 Å². The zero-order valence-corrected chi connectivity index (χ0v) is 15.8. The second-order valence-electron chi connectivity index (χ2n) is 7.44. The molecule has 1 aromatic carbocycles. The summed E-state index contributed by atoms with van der Waals surface area (Å²) < 4.78 is 5.54. The fourth-order valence-corrected chi connectivity index (χ4v) is 3.95. The molecule has 2 aliphatic rings. The number of hydrogen-bond acceptors (Lipinski definition) is 3. The van der Waals surface area contributed by atoms with Gasteiger partial charge in [0.25, 0.3) is 0 Å². The Balaban J connectivity index is 1.49. The summed E-state index contributed by atoms with van der Waals surface area (Å²) >= 11 is 0. The summed E-state index contributed by atoms with van der Waals surface area (Å²) in [6.45, 7) is 8.02. The Morgan fingerprint density at radius 2 is 1.88 bits per heavy atom. The quantitative estimate of drug-likeness (QED) is 0.913. The first-order valence-electron chi connectivity index (χ1n) is 9.47. The van der Waals surface area contributed by atoms with Crippen molar-refractivity contribution in [2.75, 3.05) is 38.6 Å². The minimum Gasteiger partial charge on any atom is -0.380 e. The van der Waals surface area contributed by atoms with Gasteiger partial charge in [-0.15, -0.1) is 0 Å². The van der Waals surface area contributed by atoms with Crippen LogP contribution in [0.25, 0.3) is 0 Å². The monoisotopic (exact) mass is 345 g/mol. The third-order valence-electron chi connectivity index (χ3n) is 5.77. The van der Waals surface area contributed by atoms with Crippen molar-refractivity contribution in [3.05, 3.63) is 29.3 Å². The fourth-order valence-electron chi connectivity index (χ4n) is 3.95. The highest BCUT2D eigenvalue weighted by Gasteiger charge is 2.30. The van der Waals surface area contributed by atoms with Crippen molar-refractivity contribution in [2.24, 2.45) is 0 Å². The van der Waals surface area contributed by atoms with Crippen LogP contribution in [-0.4, -0.2) is 61.3 Å². The average molecular weight is 345 g/mol. The van der Waals surface area contributed by atoms with Crippen LogP contribution < -0.4 is 5.32 Å². The number of nitrogens with one attached hydrogen (secondary N) is 1. The third kappa shape index (κ3) is 4.53. The molecule has 1 atom stereocenters. The molecule has 0 aromatic heterocycles. The lowest BCUT2D eigenvalue weighted by Gasteiger charge is -2.41. The average Bonchev–Trinajstić information content (AvgIpc) is 2.65. The predicted octanol–water partition coefficient (Wildman–Crippen LogP) is 3.41. The van der Waals surface area contributed by atoms with Crippen LogP contribution in [0.1, 0.15) is 36.8 Å². The molecule has 0 saturated carbocycles. The van der Waals surface area contributed by atoms with Crippen LogP contribution in [0.3, 0.4) is 0 Å². The largest absolute Gasteiger partial charge is 0.380 e. The summed E-state index contributed by atoms with van der Waals surface area (Å²) in [4.78, 5) is 17.0. The highest BCUT2D eigenvalue weighted by atomic mass is 16.5. The molecule has 1 unspecified atom stereocenters. The van der Waals surface area contributed by atoms with E-state index >= 15 is 0 Å². The van der Waals surface area contributed by atoms with Gasteiger partial charge in [-0.2, -0.15) is 0 Å². The molecule has 25 heavy (non-hydrogen) atoms. The van der Waals surface area contributed by atoms with Crippen molar-refractivity contribution in [2.45, 2.75) is 51.7 Å². The first-order chi connectivity index (χ1) is 12.1. The number of likely N-dealkylation sites (tertiary alicyclic amines) is 2. The molecule has 1 N–H and O–H groups in total. The zero-order chi connectivity index (χ0) is 17.8. The highest BCUT2D eigenvalue weighted by molar-refractivity contribution is 5.89. The smallest absolute Gasteiger partial charge is 0.321 e. The predicted molar refractivity (Wildman–Crippen MR) is 101 cm³/mol. The van der Waals surface area contributed by atoms with Crippen LogP contribution in [0.4, 0.5) is 10.5 Å². The summed E-state index contributed by atoms with van der Waals surface area (Å²) in [6.07, 6.45) is 4.86. The first-order valence-corrected chi connectivity index (χ1v) is 9.47. The lowest BCUT2D eigenvalue weighted by atomic mass is 9.99. The Labute approximate surface area is 151 Å². The van der Waals surface area contributed by atoms with E-state index in [9.17, 15) is 4.79 Å². The second-order valence-corrected chi connectivity index (χ2v) is 7.44. The van der Waals surface area contributed by atoms with Gasteiger partial charge in [0.05, 0.1) is 6.10 Å². The van der Waals surface area contributed by atoms with Crippen molar-refractivity contribution in [1.29, 1.82) is 0 Å². The van der Waals surface area contributed by atoms with Gasteiger partial charge >= 0.3 is 6.03 Å². The molecule has 1 aromatic rings. The molecule has 138 valence electrons. The van der Waals surface area contributed by atoms with Gasteiger partial charge in [0, 0.05) is 38.5 Å². The number of methoxy groups -OCH3 is 1. The molecule has 0 aliphatic carbocycles. The normalized spacial score (nSPS) is 22.8. The van der Waals surface area contributed by atoms with Crippen LogP contribution in [0, 0.1) is 13.8 Å². The van der Waals surface area contributed by atoms with E-state index in [0.29, 0.717) is 12.1 Å². The van der Waals surface area contributed by atoms with Crippen LogP contribution in [-0.2, 0) is 4.74 Å². The molecule has 0 bridgehead atoms. The molecule has 5 heteroatoms. The lowest BCUT2D eigenvalue weighted by molar-refractivity contribution is 0.00398. The standard InChI is InChI=1S/C20H31N3O2/c1-15-6-7-17(13-16(15)2)21-20(24)22-11-8-18(9-12-22)23-10-4-5-19(14-23)25-3/h6-7,13,18-19H,4-5,8-12,14H2,1-3H3,(H,21,24). The van der Waals surface area contributed by atoms with E-state index < -0.39 is 0 Å². The maximum atomic E-state index is 12.5.